The number of aromatic nitrogens is 2. The summed E-state index contributed by atoms with van der Waals surface area (Å²) in [5.41, 5.74) is 0. The predicted octanol–water partition coefficient (Wildman–Crippen LogP) is -0.895. The smallest absolute Gasteiger partial charge is 0.326 e. The molecule has 104 valence electrons. The van der Waals surface area contributed by atoms with Gasteiger partial charge in [0, 0.05) is 6.92 Å². The van der Waals surface area contributed by atoms with Crippen molar-refractivity contribution in [2.75, 3.05) is 0 Å². The summed E-state index contributed by atoms with van der Waals surface area (Å²) in [5.74, 6) is -2.22. The number of hydrogen-bond acceptors (Lipinski definition) is 6. The summed E-state index contributed by atoms with van der Waals surface area (Å²) in [6.07, 6.45) is -0.718. The Labute approximate surface area is 106 Å². The number of amides is 2. The van der Waals surface area contributed by atoms with Gasteiger partial charge in [-0.1, -0.05) is 5.16 Å². The maximum absolute atomic E-state index is 11.4. The molecule has 10 nitrogen and oxygen atoms in total. The zero-order valence-corrected chi connectivity index (χ0v) is 9.91. The van der Waals surface area contributed by atoms with E-state index in [9.17, 15) is 14.4 Å². The van der Waals surface area contributed by atoms with E-state index in [0.717, 1.165) is 0 Å². The number of aliphatic carboxylic acids is 2. The summed E-state index contributed by atoms with van der Waals surface area (Å²) in [6, 6.07) is -2.35. The highest BCUT2D eigenvalue weighted by molar-refractivity contribution is 5.86. The van der Waals surface area contributed by atoms with Crippen LogP contribution < -0.4 is 10.6 Å². The van der Waals surface area contributed by atoms with Gasteiger partial charge in [-0.05, 0) is 0 Å². The minimum atomic E-state index is -1.51. The number of hydrogen-bond donors (Lipinski definition) is 4. The summed E-state index contributed by atoms with van der Waals surface area (Å²) < 4.78 is 4.66. The number of aryl methyl sites for hydroxylation is 1. The lowest BCUT2D eigenvalue weighted by atomic mass is 10.2. The van der Waals surface area contributed by atoms with Gasteiger partial charge in [0.15, 0.2) is 5.82 Å². The topological polar surface area (TPSA) is 155 Å². The molecule has 1 aromatic heterocycles. The zero-order valence-electron chi connectivity index (χ0n) is 9.91. The lowest BCUT2D eigenvalue weighted by molar-refractivity contribution is -0.145. The van der Waals surface area contributed by atoms with E-state index in [1.54, 1.807) is 6.92 Å². The third-order valence-corrected chi connectivity index (χ3v) is 1.96. The van der Waals surface area contributed by atoms with Crippen LogP contribution in [0.1, 0.15) is 18.1 Å². The average Bonchev–Trinajstić information content (AvgIpc) is 2.71. The van der Waals surface area contributed by atoms with Crippen molar-refractivity contribution in [3.8, 4) is 0 Å². The van der Waals surface area contributed by atoms with Crippen LogP contribution in [0.3, 0.4) is 0 Å². The van der Waals surface area contributed by atoms with Crippen LogP contribution in [0.4, 0.5) is 4.79 Å². The van der Waals surface area contributed by atoms with E-state index in [1.807, 2.05) is 5.32 Å². The Kier molecular flexibility index (Phi) is 4.80. The number of nitrogens with zero attached hydrogens (tertiary/aromatic N) is 2. The van der Waals surface area contributed by atoms with Gasteiger partial charge in [0.05, 0.1) is 13.0 Å². The Hall–Kier alpha value is -2.65. The van der Waals surface area contributed by atoms with Crippen LogP contribution in [0.15, 0.2) is 4.52 Å². The first-order chi connectivity index (χ1) is 8.88. The molecule has 1 atom stereocenters. The van der Waals surface area contributed by atoms with Crippen molar-refractivity contribution in [1.82, 2.24) is 20.8 Å². The van der Waals surface area contributed by atoms with Crippen LogP contribution in [0.2, 0.25) is 0 Å². The van der Waals surface area contributed by atoms with Gasteiger partial charge in [-0.25, -0.2) is 9.59 Å². The van der Waals surface area contributed by atoms with Crippen LogP contribution in [0, 0.1) is 6.92 Å². The monoisotopic (exact) mass is 272 g/mol. The third kappa shape index (κ3) is 5.02. The lowest BCUT2D eigenvalue weighted by Crippen LogP contribution is -2.46. The van der Waals surface area contributed by atoms with Crippen molar-refractivity contribution in [1.29, 1.82) is 0 Å². The minimum Gasteiger partial charge on any atom is -0.481 e. The van der Waals surface area contributed by atoms with E-state index in [2.05, 4.69) is 20.0 Å². The fourth-order valence-electron chi connectivity index (χ4n) is 1.16. The summed E-state index contributed by atoms with van der Waals surface area (Å²) >= 11 is 0. The Morgan fingerprint density at radius 1 is 1.37 bits per heavy atom. The molecule has 10 heteroatoms. The molecule has 1 aromatic rings. The fourth-order valence-corrected chi connectivity index (χ4v) is 1.16. The van der Waals surface area contributed by atoms with Crippen molar-refractivity contribution in [3.63, 3.8) is 0 Å². The molecular formula is C9H12N4O6. The highest BCUT2D eigenvalue weighted by atomic mass is 16.5. The first-order valence-electron chi connectivity index (χ1n) is 5.16. The van der Waals surface area contributed by atoms with Gasteiger partial charge in [-0.15, -0.1) is 0 Å². The van der Waals surface area contributed by atoms with E-state index in [1.165, 1.54) is 0 Å². The van der Waals surface area contributed by atoms with E-state index < -0.39 is 30.4 Å². The molecule has 1 unspecified atom stereocenters. The summed E-state index contributed by atoms with van der Waals surface area (Å²) in [5, 5.41) is 25.0. The molecule has 0 aromatic carbocycles. The molecule has 0 aliphatic carbocycles. The van der Waals surface area contributed by atoms with Crippen LogP contribution >= 0.6 is 0 Å². The molecule has 1 rings (SSSR count). The number of urea groups is 1. The Balaban J connectivity index is 2.44. The maximum Gasteiger partial charge on any atom is 0.326 e. The van der Waals surface area contributed by atoms with Crippen molar-refractivity contribution in [3.05, 3.63) is 11.7 Å². The average molecular weight is 272 g/mol. The molecule has 4 N–H and O–H groups in total. The number of carboxylic acid groups (broad SMARTS) is 2. The van der Waals surface area contributed by atoms with E-state index in [0.29, 0.717) is 5.89 Å². The molecule has 0 spiro atoms. The van der Waals surface area contributed by atoms with Gasteiger partial charge in [-0.3, -0.25) is 4.79 Å². The molecule has 0 aliphatic heterocycles. The van der Waals surface area contributed by atoms with Crippen molar-refractivity contribution in [2.45, 2.75) is 25.9 Å². The van der Waals surface area contributed by atoms with Gasteiger partial charge >= 0.3 is 18.0 Å². The SMILES string of the molecule is Cc1nc(CNC(=O)NC(CC(=O)O)C(=O)O)no1. The van der Waals surface area contributed by atoms with Crippen molar-refractivity contribution in [2.24, 2.45) is 0 Å². The first-order valence-corrected chi connectivity index (χ1v) is 5.16. The Bertz CT molecular complexity index is 485. The first kappa shape index (κ1) is 14.4. The summed E-state index contributed by atoms with van der Waals surface area (Å²) in [6.45, 7) is 1.51. The number of carboxylic acids is 2. The van der Waals surface area contributed by atoms with Gasteiger partial charge in [-0.2, -0.15) is 4.98 Å². The molecule has 0 saturated heterocycles. The summed E-state index contributed by atoms with van der Waals surface area (Å²) in [4.78, 5) is 36.3. The van der Waals surface area contributed by atoms with Crippen LogP contribution in [-0.4, -0.2) is 44.4 Å². The van der Waals surface area contributed by atoms with Crippen LogP contribution in [0.25, 0.3) is 0 Å². The highest BCUT2D eigenvalue weighted by Gasteiger charge is 2.22. The quantitative estimate of drug-likeness (QED) is 0.519. The van der Waals surface area contributed by atoms with Crippen LogP contribution in [-0.2, 0) is 16.1 Å². The van der Waals surface area contributed by atoms with Gasteiger partial charge in [0.1, 0.15) is 6.04 Å². The van der Waals surface area contributed by atoms with E-state index >= 15 is 0 Å². The molecular weight excluding hydrogens is 260 g/mol. The second-order valence-electron chi connectivity index (χ2n) is 3.55. The highest BCUT2D eigenvalue weighted by Crippen LogP contribution is 1.95. The Morgan fingerprint density at radius 2 is 2.05 bits per heavy atom. The molecule has 19 heavy (non-hydrogen) atoms. The van der Waals surface area contributed by atoms with E-state index in [-0.39, 0.29) is 12.4 Å². The molecule has 0 aliphatic rings. The molecule has 1 heterocycles. The zero-order chi connectivity index (χ0) is 14.4. The van der Waals surface area contributed by atoms with Crippen LogP contribution in [0.5, 0.6) is 0 Å². The second kappa shape index (κ2) is 6.33. The second-order valence-corrected chi connectivity index (χ2v) is 3.55. The normalized spacial score (nSPS) is 11.6. The van der Waals surface area contributed by atoms with Crippen molar-refractivity contribution < 1.29 is 29.1 Å². The number of carbonyl (C=O) groups is 3. The van der Waals surface area contributed by atoms with Gasteiger partial charge in [0.25, 0.3) is 0 Å². The van der Waals surface area contributed by atoms with Gasteiger partial charge in [0.2, 0.25) is 5.89 Å². The molecule has 0 radical (unpaired) electrons. The molecule has 0 saturated carbocycles. The fraction of sp³-hybridized carbons (Fsp3) is 0.444. The molecule has 2 amide bonds. The lowest BCUT2D eigenvalue weighted by Gasteiger charge is -2.12. The number of rotatable bonds is 6. The largest absolute Gasteiger partial charge is 0.481 e. The minimum absolute atomic E-state index is 0.0669. The maximum atomic E-state index is 11.4. The Morgan fingerprint density at radius 3 is 2.53 bits per heavy atom. The standard InChI is InChI=1S/C9H12N4O6/c1-4-11-6(13-19-4)3-10-9(18)12-5(8(16)17)2-7(14)15/h5H,2-3H2,1H3,(H,14,15)(H,16,17)(H2,10,12,18). The molecule has 0 fully saturated rings. The molecule has 0 bridgehead atoms. The number of nitrogens with one attached hydrogen (secondary N) is 2. The third-order valence-electron chi connectivity index (χ3n) is 1.96. The van der Waals surface area contributed by atoms with Gasteiger partial charge < -0.3 is 25.4 Å². The number of carbonyl (C=O) groups excluding carboxylic acids is 1. The predicted molar refractivity (Wildman–Crippen MR) is 58.1 cm³/mol. The summed E-state index contributed by atoms with van der Waals surface area (Å²) in [7, 11) is 0. The van der Waals surface area contributed by atoms with Crippen molar-refractivity contribution >= 4 is 18.0 Å². The van der Waals surface area contributed by atoms with E-state index in [4.69, 9.17) is 10.2 Å².